The molecule has 3 heterocycles. The first-order valence-corrected chi connectivity index (χ1v) is 9.40. The summed E-state index contributed by atoms with van der Waals surface area (Å²) in [5.74, 6) is 0.900. The third kappa shape index (κ3) is 4.88. The molecule has 0 spiro atoms. The topological polar surface area (TPSA) is 75.0 Å². The molecule has 1 aliphatic rings. The quantitative estimate of drug-likeness (QED) is 0.536. The lowest BCUT2D eigenvalue weighted by atomic mass is 10.1. The molecule has 0 bridgehead atoms. The molecule has 0 atom stereocenters. The van der Waals surface area contributed by atoms with Crippen molar-refractivity contribution in [2.75, 3.05) is 44.8 Å². The number of hydrogen-bond acceptors (Lipinski definition) is 6. The minimum absolute atomic E-state index is 0.573. The molecular formula is C21H26N6O. The van der Waals surface area contributed by atoms with Gasteiger partial charge in [0.25, 0.3) is 0 Å². The van der Waals surface area contributed by atoms with E-state index in [0.717, 1.165) is 47.9 Å². The minimum Gasteiger partial charge on any atom is -0.378 e. The van der Waals surface area contributed by atoms with E-state index >= 15 is 0 Å². The van der Waals surface area contributed by atoms with Crippen LogP contribution in [0.15, 0.2) is 64.6 Å². The lowest BCUT2D eigenvalue weighted by Gasteiger charge is -2.19. The molecule has 3 rings (SSSR count). The molecule has 1 N–H and O–H groups in total. The minimum atomic E-state index is 0.573. The van der Waals surface area contributed by atoms with Gasteiger partial charge in [0.1, 0.15) is 5.84 Å². The number of ether oxygens (including phenoxy) is 1. The van der Waals surface area contributed by atoms with Crippen molar-refractivity contribution in [3.05, 3.63) is 60.2 Å². The van der Waals surface area contributed by atoms with Crippen molar-refractivity contribution in [2.24, 2.45) is 9.98 Å². The van der Waals surface area contributed by atoms with Gasteiger partial charge in [0.05, 0.1) is 37.3 Å². The van der Waals surface area contributed by atoms with E-state index in [1.165, 1.54) is 0 Å². The normalized spacial score (nSPS) is 17.2. The van der Waals surface area contributed by atoms with Crippen molar-refractivity contribution in [1.29, 1.82) is 0 Å². The van der Waals surface area contributed by atoms with E-state index in [2.05, 4.69) is 31.9 Å². The molecule has 0 saturated carbocycles. The molecule has 0 unspecified atom stereocenters. The summed E-state index contributed by atoms with van der Waals surface area (Å²) >= 11 is 0. The highest BCUT2D eigenvalue weighted by Crippen LogP contribution is 2.31. The van der Waals surface area contributed by atoms with Crippen LogP contribution in [0, 0.1) is 0 Å². The zero-order valence-electron chi connectivity index (χ0n) is 16.2. The van der Waals surface area contributed by atoms with Crippen LogP contribution in [0.5, 0.6) is 0 Å². The van der Waals surface area contributed by atoms with Crippen LogP contribution in [0.3, 0.4) is 0 Å². The summed E-state index contributed by atoms with van der Waals surface area (Å²) in [7, 11) is 1.91. The summed E-state index contributed by atoms with van der Waals surface area (Å²) in [5, 5.41) is 3.07. The number of likely N-dealkylation sites (N-methyl/N-ethyl adjacent to an activating group) is 1. The summed E-state index contributed by atoms with van der Waals surface area (Å²) in [6, 6.07) is 7.87. The highest BCUT2D eigenvalue weighted by atomic mass is 16.5. The Balaban J connectivity index is 1.90. The van der Waals surface area contributed by atoms with Crippen LogP contribution in [0.4, 0.5) is 5.69 Å². The summed E-state index contributed by atoms with van der Waals surface area (Å²) in [6.45, 7) is 7.26. The molecule has 0 aromatic carbocycles. The maximum Gasteiger partial charge on any atom is 0.133 e. The van der Waals surface area contributed by atoms with Gasteiger partial charge in [0, 0.05) is 42.8 Å². The zero-order chi connectivity index (χ0) is 19.6. The van der Waals surface area contributed by atoms with Crippen molar-refractivity contribution in [3.63, 3.8) is 0 Å². The van der Waals surface area contributed by atoms with Gasteiger partial charge in [-0.15, -0.1) is 0 Å². The monoisotopic (exact) mass is 378 g/mol. The highest BCUT2D eigenvalue weighted by Gasteiger charge is 2.28. The van der Waals surface area contributed by atoms with E-state index < -0.39 is 0 Å². The fourth-order valence-electron chi connectivity index (χ4n) is 3.13. The first kappa shape index (κ1) is 19.9. The maximum atomic E-state index is 5.62. The number of pyridine rings is 2. The van der Waals surface area contributed by atoms with Gasteiger partial charge in [-0.1, -0.05) is 0 Å². The predicted molar refractivity (Wildman–Crippen MR) is 114 cm³/mol. The maximum absolute atomic E-state index is 5.62. The number of aromatic nitrogens is 2. The van der Waals surface area contributed by atoms with Crippen LogP contribution in [0.2, 0.25) is 0 Å². The SMILES string of the molecule is C=N/C(=C1/CCN(c2cccnc2)C1=NCCOCCNC)c1cccnc1. The van der Waals surface area contributed by atoms with Crippen LogP contribution in [-0.4, -0.2) is 62.4 Å². The number of anilines is 1. The van der Waals surface area contributed by atoms with Crippen LogP contribution in [0.25, 0.3) is 5.70 Å². The summed E-state index contributed by atoms with van der Waals surface area (Å²) in [5.41, 5.74) is 3.86. The van der Waals surface area contributed by atoms with Crippen molar-refractivity contribution in [3.8, 4) is 0 Å². The van der Waals surface area contributed by atoms with Crippen LogP contribution in [0.1, 0.15) is 12.0 Å². The number of nitrogens with one attached hydrogen (secondary N) is 1. The second-order valence-corrected chi connectivity index (χ2v) is 6.26. The number of aliphatic imine (C=N–C) groups is 2. The Labute approximate surface area is 165 Å². The number of nitrogens with zero attached hydrogens (tertiary/aromatic N) is 5. The summed E-state index contributed by atoms with van der Waals surface area (Å²) < 4.78 is 5.62. The van der Waals surface area contributed by atoms with Gasteiger partial charge in [-0.25, -0.2) is 0 Å². The Kier molecular flexibility index (Phi) is 7.40. The number of hydrogen-bond donors (Lipinski definition) is 1. The van der Waals surface area contributed by atoms with Gasteiger partial charge >= 0.3 is 0 Å². The second-order valence-electron chi connectivity index (χ2n) is 6.26. The fourth-order valence-corrected chi connectivity index (χ4v) is 3.13. The van der Waals surface area contributed by atoms with Crippen molar-refractivity contribution in [2.45, 2.75) is 6.42 Å². The molecule has 0 amide bonds. The third-order valence-corrected chi connectivity index (χ3v) is 4.44. The highest BCUT2D eigenvalue weighted by molar-refractivity contribution is 6.16. The molecule has 0 radical (unpaired) electrons. The Morgan fingerprint density at radius 1 is 1.21 bits per heavy atom. The van der Waals surface area contributed by atoms with Gasteiger partial charge in [0.2, 0.25) is 0 Å². The van der Waals surface area contributed by atoms with Crippen molar-refractivity contribution >= 4 is 23.9 Å². The Morgan fingerprint density at radius 3 is 2.71 bits per heavy atom. The van der Waals surface area contributed by atoms with E-state index in [1.807, 2.05) is 43.7 Å². The molecule has 28 heavy (non-hydrogen) atoms. The molecule has 146 valence electrons. The average molecular weight is 378 g/mol. The molecular weight excluding hydrogens is 352 g/mol. The molecule has 2 aromatic heterocycles. The Bertz CT molecular complexity index is 819. The lowest BCUT2D eigenvalue weighted by molar-refractivity contribution is 0.145. The summed E-state index contributed by atoms with van der Waals surface area (Å²) in [4.78, 5) is 19.8. The molecule has 0 aliphatic carbocycles. The largest absolute Gasteiger partial charge is 0.378 e. The molecule has 7 nitrogen and oxygen atoms in total. The van der Waals surface area contributed by atoms with Gasteiger partial charge in [-0.3, -0.25) is 20.0 Å². The van der Waals surface area contributed by atoms with E-state index in [1.54, 1.807) is 12.4 Å². The van der Waals surface area contributed by atoms with E-state index in [9.17, 15) is 0 Å². The zero-order valence-corrected chi connectivity index (χ0v) is 16.2. The average Bonchev–Trinajstić information content (AvgIpc) is 3.16. The van der Waals surface area contributed by atoms with Gasteiger partial charge in [-0.05, 0) is 44.5 Å². The van der Waals surface area contributed by atoms with E-state index in [0.29, 0.717) is 19.8 Å². The molecule has 7 heteroatoms. The molecule has 1 saturated heterocycles. The van der Waals surface area contributed by atoms with Gasteiger partial charge in [0.15, 0.2) is 0 Å². The van der Waals surface area contributed by atoms with Crippen molar-refractivity contribution in [1.82, 2.24) is 15.3 Å². The Hall–Kier alpha value is -2.90. The molecule has 1 fully saturated rings. The van der Waals surface area contributed by atoms with Gasteiger partial charge in [-0.2, -0.15) is 0 Å². The first-order valence-electron chi connectivity index (χ1n) is 9.40. The van der Waals surface area contributed by atoms with Crippen LogP contribution < -0.4 is 10.2 Å². The number of amidine groups is 1. The van der Waals surface area contributed by atoms with E-state index in [4.69, 9.17) is 9.73 Å². The van der Waals surface area contributed by atoms with Crippen molar-refractivity contribution < 1.29 is 4.74 Å². The van der Waals surface area contributed by atoms with Gasteiger partial charge < -0.3 is 15.0 Å². The second kappa shape index (κ2) is 10.4. The smallest absolute Gasteiger partial charge is 0.133 e. The van der Waals surface area contributed by atoms with Crippen LogP contribution in [-0.2, 0) is 4.74 Å². The van der Waals surface area contributed by atoms with Crippen LogP contribution >= 0.6 is 0 Å². The fraction of sp³-hybridized carbons (Fsp3) is 0.333. The Morgan fingerprint density at radius 2 is 2.04 bits per heavy atom. The summed E-state index contributed by atoms with van der Waals surface area (Å²) in [6.07, 6.45) is 8.02. The first-order chi connectivity index (χ1) is 13.8. The molecule has 1 aliphatic heterocycles. The third-order valence-electron chi connectivity index (χ3n) is 4.44. The molecule has 2 aromatic rings. The number of rotatable bonds is 9. The predicted octanol–water partition coefficient (Wildman–Crippen LogP) is 2.43. The standard InChI is InChI=1S/C21H26N6O/c1-22-10-13-28-14-11-26-21-19(20(23-2)17-5-3-8-24-15-17)7-12-27(21)18-6-4-9-25-16-18/h3-6,8-9,15-16,22H,2,7,10-14H2,1H3/b20-19-,26-21?. The van der Waals surface area contributed by atoms with E-state index in [-0.39, 0.29) is 0 Å². The lowest BCUT2D eigenvalue weighted by Crippen LogP contribution is -2.26.